The summed E-state index contributed by atoms with van der Waals surface area (Å²) in [5.74, 6) is 2.50. The molecule has 608 valence electrons. The van der Waals surface area contributed by atoms with Crippen LogP contribution in [0.5, 0.6) is 0 Å². The number of fused-ring (bicyclic) bond motifs is 12. The molecule has 0 bridgehead atoms. The van der Waals surface area contributed by atoms with Crippen LogP contribution < -0.4 is 0 Å². The molecule has 19 aromatic carbocycles. The van der Waals surface area contributed by atoms with E-state index in [2.05, 4.69) is 485 Å². The third-order valence-corrected chi connectivity index (χ3v) is 25.4. The fourth-order valence-electron chi connectivity index (χ4n) is 19.0. The summed E-state index contributed by atoms with van der Waals surface area (Å²) >= 11 is 0. The monoisotopic (exact) mass is 1660 g/mol. The number of para-hydroxylation sites is 6. The van der Waals surface area contributed by atoms with Crippen LogP contribution in [0.4, 0.5) is 0 Å². The quantitative estimate of drug-likeness (QED) is 0.102. The maximum atomic E-state index is 5.36. The van der Waals surface area contributed by atoms with Crippen LogP contribution in [0.1, 0.15) is 0 Å². The second-order valence-corrected chi connectivity index (χ2v) is 33.1. The predicted molar refractivity (Wildman–Crippen MR) is 539 cm³/mol. The van der Waals surface area contributed by atoms with Gasteiger partial charge in [-0.05, 0) is 182 Å². The lowest BCUT2D eigenvalue weighted by Gasteiger charge is -2.13. The summed E-state index contributed by atoms with van der Waals surface area (Å²) in [6.45, 7) is 0. The molecule has 0 aliphatic carbocycles. The molecule has 9 heteroatoms. The Morgan fingerprint density at radius 1 is 0.123 bits per heavy atom. The zero-order valence-electron chi connectivity index (χ0n) is 70.6. The lowest BCUT2D eigenvalue weighted by Crippen LogP contribution is -2.04. The Kier molecular flexibility index (Phi) is 19.1. The van der Waals surface area contributed by atoms with E-state index in [1.54, 1.807) is 0 Å². The Hall–Kier alpha value is -17.5. The fourth-order valence-corrected chi connectivity index (χ4v) is 19.0. The first-order valence-electron chi connectivity index (χ1n) is 44.1. The maximum absolute atomic E-state index is 5.36. The first kappa shape index (κ1) is 76.1. The minimum Gasteiger partial charge on any atom is -0.309 e. The van der Waals surface area contributed by atoms with E-state index in [1.807, 2.05) is 12.1 Å². The van der Waals surface area contributed by atoms with Gasteiger partial charge in [-0.1, -0.05) is 364 Å². The molecule has 25 rings (SSSR count). The molecule has 25 aromatic rings. The van der Waals surface area contributed by atoms with Crippen molar-refractivity contribution < 1.29 is 0 Å². The zero-order chi connectivity index (χ0) is 86.0. The van der Waals surface area contributed by atoms with E-state index >= 15 is 0 Å². The van der Waals surface area contributed by atoms with Gasteiger partial charge < -0.3 is 13.7 Å². The van der Waals surface area contributed by atoms with E-state index < -0.39 is 0 Å². The molecule has 0 aliphatic rings. The van der Waals surface area contributed by atoms with Crippen LogP contribution in [-0.4, -0.2) is 43.2 Å². The van der Waals surface area contributed by atoms with Gasteiger partial charge in [-0.15, -0.1) is 0 Å². The number of aromatic nitrogens is 9. The first-order valence-corrected chi connectivity index (χ1v) is 44.1. The molecule has 9 nitrogen and oxygen atoms in total. The molecular formula is C121H79N9. The average Bonchev–Trinajstić information content (AvgIpc) is 1.59. The number of benzene rings is 19. The highest BCUT2D eigenvalue weighted by atomic mass is 15.2. The Balaban J connectivity index is 0.000000145. The molecule has 0 amide bonds. The molecule has 6 aromatic heterocycles. The summed E-state index contributed by atoms with van der Waals surface area (Å²) in [6, 6.07) is 170. The van der Waals surface area contributed by atoms with Gasteiger partial charge in [-0.3, -0.25) is 4.57 Å². The summed E-state index contributed by atoms with van der Waals surface area (Å²) in [4.78, 5) is 26.0. The molecule has 0 atom stereocenters. The van der Waals surface area contributed by atoms with Crippen molar-refractivity contribution in [3.63, 3.8) is 0 Å². The predicted octanol–water partition coefficient (Wildman–Crippen LogP) is 31.1. The summed E-state index contributed by atoms with van der Waals surface area (Å²) in [7, 11) is 0. The Morgan fingerprint density at radius 2 is 0.346 bits per heavy atom. The molecule has 130 heavy (non-hydrogen) atoms. The second kappa shape index (κ2) is 32.5. The number of hydrogen-bond donors (Lipinski definition) is 0. The van der Waals surface area contributed by atoms with Gasteiger partial charge in [0.05, 0.1) is 55.5 Å². The van der Waals surface area contributed by atoms with Crippen molar-refractivity contribution in [2.24, 2.45) is 0 Å². The van der Waals surface area contributed by atoms with Crippen LogP contribution >= 0.6 is 0 Å². The zero-order valence-corrected chi connectivity index (χ0v) is 70.6. The van der Waals surface area contributed by atoms with Crippen LogP contribution in [0.3, 0.4) is 0 Å². The van der Waals surface area contributed by atoms with Crippen molar-refractivity contribution in [3.8, 4) is 146 Å². The van der Waals surface area contributed by atoms with E-state index in [1.165, 1.54) is 98.9 Å². The average molecular weight is 1660 g/mol. The Morgan fingerprint density at radius 3 is 0.700 bits per heavy atom. The van der Waals surface area contributed by atoms with Crippen molar-refractivity contribution in [2.75, 3.05) is 0 Å². The smallest absolute Gasteiger partial charge is 0.235 e. The van der Waals surface area contributed by atoms with Gasteiger partial charge in [0.25, 0.3) is 0 Å². The molecule has 0 aliphatic heterocycles. The van der Waals surface area contributed by atoms with Crippen LogP contribution in [0, 0.1) is 0 Å². The first-order chi connectivity index (χ1) is 64.4. The Labute approximate surface area is 751 Å². The topological polar surface area (TPSA) is 84.2 Å². The lowest BCUT2D eigenvalue weighted by atomic mass is 10.0. The third-order valence-electron chi connectivity index (χ3n) is 25.4. The van der Waals surface area contributed by atoms with E-state index in [0.717, 1.165) is 111 Å². The molecule has 0 radical (unpaired) electrons. The Bertz CT molecular complexity index is 8360. The van der Waals surface area contributed by atoms with E-state index in [4.69, 9.17) is 24.9 Å². The standard InChI is InChI=1S/C63H41N5.C58H38N4/c1-4-14-42(15-5-1)44-24-28-46(29-25-44)61-64-62(47-30-26-45(27-31-47)43-16-6-2-7-17-43)66-63(65-61)48-32-36-52(37-33-48)67-58-23-13-11-21-54(58)56-40-49(35-39-59(56)67)50-34-38-55-53-20-10-12-22-57(53)68(60(55)41-50)51-18-8-3-9-19-51;1-4-14-39(15-5-1)41-24-28-43(29-25-41)52-38-53(44-30-26-42(27-31-44)40-16-6-2-7-17-40)60-58(59-52)62-55-23-13-11-21-49(55)51-36-45(33-35-56(51)62)46-32-34-50-48-20-10-12-22-54(48)61(57(50)37-46)47-18-8-3-9-19-47/h1-41H;1-38H. The molecule has 0 unspecified atom stereocenters. The number of rotatable bonds is 15. The summed E-state index contributed by atoms with van der Waals surface area (Å²) < 4.78 is 9.36. The molecular weight excluding hydrogens is 1580 g/mol. The van der Waals surface area contributed by atoms with Crippen LogP contribution in [0.25, 0.3) is 234 Å². The van der Waals surface area contributed by atoms with Crippen molar-refractivity contribution in [1.29, 1.82) is 0 Å². The minimum absolute atomic E-state index is 0.617. The lowest BCUT2D eigenvalue weighted by molar-refractivity contribution is 0.995. The van der Waals surface area contributed by atoms with Crippen LogP contribution in [0.15, 0.2) is 479 Å². The highest BCUT2D eigenvalue weighted by Gasteiger charge is 2.23. The second-order valence-electron chi connectivity index (χ2n) is 33.1. The number of nitrogens with zero attached hydrogens (tertiary/aromatic N) is 9. The van der Waals surface area contributed by atoms with Gasteiger partial charge in [-0.25, -0.2) is 24.9 Å². The number of hydrogen-bond acceptors (Lipinski definition) is 5. The highest BCUT2D eigenvalue weighted by molar-refractivity contribution is 6.15. The SMILES string of the molecule is c1ccc(-c2ccc(-c3cc(-c4ccc(-c5ccccc5)cc4)nc(-n4c5ccccc5c5cc(-c6ccc7c8ccccc8n(-c8ccccc8)c7c6)ccc54)n3)cc2)cc1.c1ccc(-c2ccc(-c3nc(-c4ccc(-c5ccccc5)cc4)nc(-c4ccc(-n5c6ccccc6c6cc(-c7ccc8c9ccccc9n(-c9ccccc9)c8c7)ccc65)cc4)n3)cc2)cc1. The molecule has 0 N–H and O–H groups in total. The fraction of sp³-hybridized carbons (Fsp3) is 0. The summed E-state index contributed by atoms with van der Waals surface area (Å²) in [5.41, 5.74) is 33.1. The van der Waals surface area contributed by atoms with E-state index in [9.17, 15) is 0 Å². The summed E-state index contributed by atoms with van der Waals surface area (Å²) in [6.07, 6.45) is 0. The summed E-state index contributed by atoms with van der Waals surface area (Å²) in [5, 5.41) is 9.69. The normalized spacial score (nSPS) is 11.5. The van der Waals surface area contributed by atoms with Crippen molar-refractivity contribution in [1.82, 2.24) is 43.2 Å². The highest BCUT2D eigenvalue weighted by Crippen LogP contribution is 2.44. The minimum atomic E-state index is 0.617. The van der Waals surface area contributed by atoms with Gasteiger partial charge in [-0.2, -0.15) is 0 Å². The molecule has 0 saturated carbocycles. The van der Waals surface area contributed by atoms with Crippen molar-refractivity contribution in [3.05, 3.63) is 479 Å². The largest absolute Gasteiger partial charge is 0.309 e. The molecule has 0 spiro atoms. The van der Waals surface area contributed by atoms with E-state index in [0.29, 0.717) is 23.4 Å². The van der Waals surface area contributed by atoms with Crippen LogP contribution in [-0.2, 0) is 0 Å². The molecule has 0 saturated heterocycles. The van der Waals surface area contributed by atoms with Crippen molar-refractivity contribution in [2.45, 2.75) is 0 Å². The van der Waals surface area contributed by atoms with Gasteiger partial charge in [0, 0.05) is 88.0 Å². The van der Waals surface area contributed by atoms with Gasteiger partial charge in [0.1, 0.15) is 0 Å². The molecule has 6 heterocycles. The van der Waals surface area contributed by atoms with Gasteiger partial charge in [0.15, 0.2) is 17.5 Å². The van der Waals surface area contributed by atoms with Gasteiger partial charge >= 0.3 is 0 Å². The van der Waals surface area contributed by atoms with Gasteiger partial charge in [0.2, 0.25) is 5.95 Å². The third kappa shape index (κ3) is 13.9. The molecule has 0 fully saturated rings. The van der Waals surface area contributed by atoms with Crippen molar-refractivity contribution >= 4 is 87.2 Å². The maximum Gasteiger partial charge on any atom is 0.235 e. The van der Waals surface area contributed by atoms with E-state index in [-0.39, 0.29) is 0 Å². The van der Waals surface area contributed by atoms with Crippen LogP contribution in [0.2, 0.25) is 0 Å².